The van der Waals surface area contributed by atoms with Gasteiger partial charge in [-0.05, 0) is 24.2 Å². The summed E-state index contributed by atoms with van der Waals surface area (Å²) in [6.45, 7) is 11.1. The minimum atomic E-state index is -0.585. The molecule has 0 radical (unpaired) electrons. The molecule has 1 rings (SSSR count). The van der Waals surface area contributed by atoms with E-state index in [0.29, 0.717) is 15.9 Å². The molecule has 0 spiro atoms. The quantitative estimate of drug-likeness (QED) is 0.590. The summed E-state index contributed by atoms with van der Waals surface area (Å²) >= 11 is 0. The lowest BCUT2D eigenvalue weighted by molar-refractivity contribution is 0.204. The van der Waals surface area contributed by atoms with Crippen LogP contribution < -0.4 is 0 Å². The van der Waals surface area contributed by atoms with E-state index < -0.39 is 10.8 Å². The molecular formula is C11H22OS. The summed E-state index contributed by atoms with van der Waals surface area (Å²) in [5.41, 5.74) is 0.382. The summed E-state index contributed by atoms with van der Waals surface area (Å²) in [6.07, 6.45) is 2.28. The van der Waals surface area contributed by atoms with Crippen molar-refractivity contribution in [3.63, 3.8) is 0 Å². The summed E-state index contributed by atoms with van der Waals surface area (Å²) in [7, 11) is -0.585. The molecule has 4 atom stereocenters. The van der Waals surface area contributed by atoms with Crippen LogP contribution in [0.25, 0.3) is 0 Å². The minimum absolute atomic E-state index is 0.382. The highest BCUT2D eigenvalue weighted by atomic mass is 32.2. The summed E-state index contributed by atoms with van der Waals surface area (Å²) in [5, 5.41) is 0.793. The van der Waals surface area contributed by atoms with E-state index in [1.54, 1.807) is 0 Å². The largest absolute Gasteiger partial charge is 0.259 e. The fourth-order valence-electron chi connectivity index (χ4n) is 2.19. The summed E-state index contributed by atoms with van der Waals surface area (Å²) in [4.78, 5) is 0. The third kappa shape index (κ3) is 2.55. The first kappa shape index (κ1) is 11.2. The van der Waals surface area contributed by atoms with Gasteiger partial charge in [-0.1, -0.05) is 34.6 Å². The van der Waals surface area contributed by atoms with Crippen LogP contribution in [0.1, 0.15) is 47.5 Å². The van der Waals surface area contributed by atoms with Crippen molar-refractivity contribution in [2.24, 2.45) is 11.3 Å². The molecule has 0 aliphatic carbocycles. The lowest BCUT2D eigenvalue weighted by Crippen LogP contribution is -2.37. The molecular weight excluding hydrogens is 180 g/mol. The number of rotatable bonds is 0. The maximum Gasteiger partial charge on any atom is 0.0325 e. The number of hydrogen-bond donors (Lipinski definition) is 0. The van der Waals surface area contributed by atoms with Crippen LogP contribution in [0.15, 0.2) is 0 Å². The van der Waals surface area contributed by atoms with Gasteiger partial charge in [0, 0.05) is 21.3 Å². The summed E-state index contributed by atoms with van der Waals surface area (Å²) < 4.78 is 11.7. The zero-order chi connectivity index (χ0) is 10.2. The predicted octanol–water partition coefficient (Wildman–Crippen LogP) is 2.97. The fraction of sp³-hybridized carbons (Fsp3) is 1.00. The molecule has 0 aromatic heterocycles. The molecule has 2 unspecified atom stereocenters. The van der Waals surface area contributed by atoms with Crippen molar-refractivity contribution in [1.82, 2.24) is 0 Å². The molecule has 0 aromatic rings. The van der Waals surface area contributed by atoms with Gasteiger partial charge in [0.2, 0.25) is 0 Å². The van der Waals surface area contributed by atoms with E-state index in [9.17, 15) is 4.21 Å². The SMILES string of the molecule is C[C@@H]1CC(C(C)(C)C)C[C@H](C)S1=O. The average molecular weight is 202 g/mol. The zero-order valence-electron chi connectivity index (χ0n) is 9.46. The standard InChI is InChI=1S/C11H22OS/c1-8-6-10(11(3,4)5)7-9(2)13(8)12/h8-10H,6-7H2,1-5H3/t8-,9+,10?,13?. The normalized spacial score (nSPS) is 41.9. The van der Waals surface area contributed by atoms with Gasteiger partial charge >= 0.3 is 0 Å². The lowest BCUT2D eigenvalue weighted by Gasteiger charge is -2.39. The molecule has 1 heterocycles. The van der Waals surface area contributed by atoms with Gasteiger partial charge in [0.15, 0.2) is 0 Å². The van der Waals surface area contributed by atoms with Gasteiger partial charge in [-0.25, -0.2) is 0 Å². The van der Waals surface area contributed by atoms with Crippen LogP contribution in [0.5, 0.6) is 0 Å². The Labute approximate surface area is 84.8 Å². The fourth-order valence-corrected chi connectivity index (χ4v) is 3.83. The second-order valence-corrected chi connectivity index (χ2v) is 7.75. The van der Waals surface area contributed by atoms with Crippen LogP contribution >= 0.6 is 0 Å². The van der Waals surface area contributed by atoms with Crippen LogP contribution in [0.4, 0.5) is 0 Å². The van der Waals surface area contributed by atoms with Crippen LogP contribution in [0.2, 0.25) is 0 Å². The van der Waals surface area contributed by atoms with Crippen LogP contribution in [-0.2, 0) is 10.8 Å². The minimum Gasteiger partial charge on any atom is -0.259 e. The Morgan fingerprint density at radius 2 is 1.46 bits per heavy atom. The van der Waals surface area contributed by atoms with Gasteiger partial charge in [0.25, 0.3) is 0 Å². The Hall–Kier alpha value is 0.150. The second-order valence-electron chi connectivity index (χ2n) is 5.48. The molecule has 0 saturated carbocycles. The molecule has 0 bridgehead atoms. The Bertz CT molecular complexity index is 191. The monoisotopic (exact) mass is 202 g/mol. The van der Waals surface area contributed by atoms with Crippen molar-refractivity contribution in [2.45, 2.75) is 58.0 Å². The van der Waals surface area contributed by atoms with E-state index in [-0.39, 0.29) is 0 Å². The Kier molecular flexibility index (Phi) is 3.21. The molecule has 78 valence electrons. The summed E-state index contributed by atoms with van der Waals surface area (Å²) in [6, 6.07) is 0. The van der Waals surface area contributed by atoms with E-state index in [1.807, 2.05) is 0 Å². The third-order valence-corrected chi connectivity index (χ3v) is 5.22. The molecule has 1 saturated heterocycles. The number of hydrogen-bond acceptors (Lipinski definition) is 1. The zero-order valence-corrected chi connectivity index (χ0v) is 10.3. The van der Waals surface area contributed by atoms with Gasteiger partial charge in [-0.3, -0.25) is 4.21 Å². The highest BCUT2D eigenvalue weighted by Gasteiger charge is 2.35. The molecule has 2 heteroatoms. The molecule has 1 aliphatic heterocycles. The lowest BCUT2D eigenvalue weighted by atomic mass is 9.75. The van der Waals surface area contributed by atoms with Crippen molar-refractivity contribution >= 4 is 10.8 Å². The highest BCUT2D eigenvalue weighted by Crippen LogP contribution is 2.39. The van der Waals surface area contributed by atoms with Crippen molar-refractivity contribution in [3.8, 4) is 0 Å². The van der Waals surface area contributed by atoms with Crippen LogP contribution in [0.3, 0.4) is 0 Å². The van der Waals surface area contributed by atoms with Gasteiger partial charge in [0.1, 0.15) is 0 Å². The van der Waals surface area contributed by atoms with Gasteiger partial charge < -0.3 is 0 Å². The van der Waals surface area contributed by atoms with E-state index in [2.05, 4.69) is 34.6 Å². The van der Waals surface area contributed by atoms with Gasteiger partial charge in [0.05, 0.1) is 0 Å². The second kappa shape index (κ2) is 3.72. The topological polar surface area (TPSA) is 17.1 Å². The maximum atomic E-state index is 11.7. The highest BCUT2D eigenvalue weighted by molar-refractivity contribution is 7.86. The summed E-state index contributed by atoms with van der Waals surface area (Å²) in [5.74, 6) is 0.746. The molecule has 0 amide bonds. The molecule has 13 heavy (non-hydrogen) atoms. The van der Waals surface area contributed by atoms with E-state index >= 15 is 0 Å². The first-order valence-electron chi connectivity index (χ1n) is 5.21. The van der Waals surface area contributed by atoms with Gasteiger partial charge in [-0.2, -0.15) is 0 Å². The first-order valence-corrected chi connectivity index (χ1v) is 6.49. The molecule has 0 N–H and O–H groups in total. The molecule has 1 nitrogen and oxygen atoms in total. The van der Waals surface area contributed by atoms with Gasteiger partial charge in [-0.15, -0.1) is 0 Å². The predicted molar refractivity (Wildman–Crippen MR) is 59.2 cm³/mol. The van der Waals surface area contributed by atoms with Crippen LogP contribution in [-0.4, -0.2) is 14.7 Å². The van der Waals surface area contributed by atoms with Crippen LogP contribution in [0, 0.1) is 11.3 Å². The van der Waals surface area contributed by atoms with Crippen molar-refractivity contribution in [1.29, 1.82) is 0 Å². The Balaban J connectivity index is 2.69. The van der Waals surface area contributed by atoms with Crippen molar-refractivity contribution < 1.29 is 4.21 Å². The maximum absolute atomic E-state index is 11.7. The van der Waals surface area contributed by atoms with Crippen molar-refractivity contribution in [2.75, 3.05) is 0 Å². The molecule has 1 fully saturated rings. The first-order chi connectivity index (χ1) is 5.82. The average Bonchev–Trinajstić information content (AvgIpc) is 1.97. The smallest absolute Gasteiger partial charge is 0.0325 e. The van der Waals surface area contributed by atoms with E-state index in [0.717, 1.165) is 18.8 Å². The van der Waals surface area contributed by atoms with Crippen molar-refractivity contribution in [3.05, 3.63) is 0 Å². The Morgan fingerprint density at radius 3 is 1.77 bits per heavy atom. The molecule has 0 aromatic carbocycles. The molecule has 1 aliphatic rings. The van der Waals surface area contributed by atoms with E-state index in [4.69, 9.17) is 0 Å². The third-order valence-electron chi connectivity index (χ3n) is 3.25. The Morgan fingerprint density at radius 1 is 1.08 bits per heavy atom. The van der Waals surface area contributed by atoms with E-state index in [1.165, 1.54) is 0 Å².